The zero-order valence-electron chi connectivity index (χ0n) is 10.3. The molecule has 0 radical (unpaired) electrons. The number of rotatable bonds is 5. The van der Waals surface area contributed by atoms with Crippen molar-refractivity contribution in [3.8, 4) is 0 Å². The summed E-state index contributed by atoms with van der Waals surface area (Å²) in [5.74, 6) is 0. The van der Waals surface area contributed by atoms with Crippen LogP contribution in [0.15, 0.2) is 35.6 Å². The van der Waals surface area contributed by atoms with E-state index < -0.39 is 0 Å². The van der Waals surface area contributed by atoms with Crippen LogP contribution in [0.3, 0.4) is 0 Å². The van der Waals surface area contributed by atoms with Gasteiger partial charge in [0.05, 0.1) is 6.04 Å². The second-order valence-electron chi connectivity index (χ2n) is 4.26. The van der Waals surface area contributed by atoms with E-state index in [1.54, 1.807) is 0 Å². The highest BCUT2D eigenvalue weighted by atomic mass is 15.0. The number of allylic oxidation sites excluding steroid dienone is 2. The Morgan fingerprint density at radius 2 is 2.33 bits per heavy atom. The fourth-order valence-corrected chi connectivity index (χ4v) is 2.12. The van der Waals surface area contributed by atoms with Gasteiger partial charge >= 0.3 is 0 Å². The molecule has 0 fully saturated rings. The molecule has 0 saturated carbocycles. The number of hydrogen-bond donors (Lipinski definition) is 1. The molecular formula is C14H23N. The van der Waals surface area contributed by atoms with Gasteiger partial charge in [0.2, 0.25) is 0 Å². The lowest BCUT2D eigenvalue weighted by atomic mass is 10.0. The van der Waals surface area contributed by atoms with Crippen LogP contribution in [-0.2, 0) is 0 Å². The van der Waals surface area contributed by atoms with Gasteiger partial charge in [0.15, 0.2) is 0 Å². The van der Waals surface area contributed by atoms with Crippen LogP contribution in [0.25, 0.3) is 0 Å². The van der Waals surface area contributed by atoms with Crippen LogP contribution in [0.1, 0.15) is 46.5 Å². The summed E-state index contributed by atoms with van der Waals surface area (Å²) < 4.78 is 0. The molecule has 1 aliphatic heterocycles. The third-order valence-electron chi connectivity index (χ3n) is 3.13. The summed E-state index contributed by atoms with van der Waals surface area (Å²) >= 11 is 0. The van der Waals surface area contributed by atoms with Crippen molar-refractivity contribution in [2.45, 2.75) is 52.5 Å². The van der Waals surface area contributed by atoms with Crippen LogP contribution in [0, 0.1) is 0 Å². The summed E-state index contributed by atoms with van der Waals surface area (Å²) in [6, 6.07) is 0.472. The molecule has 0 aromatic carbocycles. The monoisotopic (exact) mass is 205 g/mol. The molecule has 0 bridgehead atoms. The van der Waals surface area contributed by atoms with Crippen molar-refractivity contribution in [2.75, 3.05) is 0 Å². The Morgan fingerprint density at radius 1 is 1.60 bits per heavy atom. The molecule has 0 spiro atoms. The average molecular weight is 205 g/mol. The maximum atomic E-state index is 3.86. The normalized spacial score (nSPS) is 21.8. The molecule has 1 aliphatic rings. The van der Waals surface area contributed by atoms with Gasteiger partial charge in [0.25, 0.3) is 0 Å². The van der Waals surface area contributed by atoms with E-state index in [2.05, 4.69) is 38.7 Å². The fraction of sp³-hybridized carbons (Fsp3) is 0.571. The molecular weight excluding hydrogens is 182 g/mol. The van der Waals surface area contributed by atoms with Gasteiger partial charge in [-0.15, -0.1) is 0 Å². The second-order valence-corrected chi connectivity index (χ2v) is 4.26. The molecule has 0 amide bonds. The molecule has 84 valence electrons. The zero-order valence-corrected chi connectivity index (χ0v) is 10.3. The zero-order chi connectivity index (χ0) is 11.3. The minimum atomic E-state index is 0.472. The first kappa shape index (κ1) is 12.1. The lowest BCUT2D eigenvalue weighted by molar-refractivity contribution is 0.665. The van der Waals surface area contributed by atoms with Gasteiger partial charge < -0.3 is 5.32 Å². The van der Waals surface area contributed by atoms with Gasteiger partial charge in [-0.05, 0) is 38.7 Å². The second kappa shape index (κ2) is 5.79. The Balaban J connectivity index is 2.58. The van der Waals surface area contributed by atoms with Gasteiger partial charge in [0, 0.05) is 5.70 Å². The van der Waals surface area contributed by atoms with Crippen LogP contribution in [-0.4, -0.2) is 6.04 Å². The molecule has 1 nitrogen and oxygen atoms in total. The predicted molar refractivity (Wildman–Crippen MR) is 67.7 cm³/mol. The van der Waals surface area contributed by atoms with Gasteiger partial charge in [0.1, 0.15) is 0 Å². The molecule has 15 heavy (non-hydrogen) atoms. The molecule has 1 rings (SSSR count). The summed E-state index contributed by atoms with van der Waals surface area (Å²) in [7, 11) is 0. The van der Waals surface area contributed by atoms with E-state index in [9.17, 15) is 0 Å². The highest BCUT2D eigenvalue weighted by molar-refractivity contribution is 5.31. The quantitative estimate of drug-likeness (QED) is 0.670. The Kier molecular flexibility index (Phi) is 4.67. The molecule has 1 heteroatoms. The largest absolute Gasteiger partial charge is 0.381 e. The molecule has 0 saturated heterocycles. The maximum Gasteiger partial charge on any atom is 0.0545 e. The smallest absolute Gasteiger partial charge is 0.0545 e. The maximum absolute atomic E-state index is 3.86. The molecule has 0 aromatic rings. The summed E-state index contributed by atoms with van der Waals surface area (Å²) in [5.41, 5.74) is 4.30. The SMILES string of the molecule is C=C/C(=C\C)C1CC(C)=C(CCCC)N1. The predicted octanol–water partition coefficient (Wildman–Crippen LogP) is 3.94. The minimum Gasteiger partial charge on any atom is -0.381 e. The highest BCUT2D eigenvalue weighted by Crippen LogP contribution is 2.26. The third kappa shape index (κ3) is 2.98. The Labute approximate surface area is 94.0 Å². The van der Waals surface area contributed by atoms with E-state index in [0.717, 1.165) is 6.42 Å². The van der Waals surface area contributed by atoms with E-state index in [0.29, 0.717) is 6.04 Å². The molecule has 1 unspecified atom stereocenters. The van der Waals surface area contributed by atoms with Crippen LogP contribution in [0.2, 0.25) is 0 Å². The first-order valence-corrected chi connectivity index (χ1v) is 5.96. The summed E-state index contributed by atoms with van der Waals surface area (Å²) in [6.07, 6.45) is 9.01. The molecule has 0 aliphatic carbocycles. The van der Waals surface area contributed by atoms with Gasteiger partial charge in [-0.2, -0.15) is 0 Å². The van der Waals surface area contributed by atoms with Crippen molar-refractivity contribution in [2.24, 2.45) is 0 Å². The van der Waals surface area contributed by atoms with Crippen LogP contribution in [0.5, 0.6) is 0 Å². The summed E-state index contributed by atoms with van der Waals surface area (Å²) in [4.78, 5) is 0. The molecule has 1 heterocycles. The summed E-state index contributed by atoms with van der Waals surface area (Å²) in [5, 5.41) is 3.62. The van der Waals surface area contributed by atoms with Crippen LogP contribution in [0.4, 0.5) is 0 Å². The molecule has 1 atom stereocenters. The fourth-order valence-electron chi connectivity index (χ4n) is 2.12. The van der Waals surface area contributed by atoms with Gasteiger partial charge in [-0.1, -0.05) is 37.6 Å². The van der Waals surface area contributed by atoms with Crippen molar-refractivity contribution in [3.63, 3.8) is 0 Å². The first-order valence-electron chi connectivity index (χ1n) is 5.96. The standard InChI is InChI=1S/C14H23N/c1-5-8-9-13-11(4)10-14(15-13)12(6-2)7-3/h6-7,14-15H,2,5,8-10H2,1,3-4H3/b12-7+. The minimum absolute atomic E-state index is 0.472. The average Bonchev–Trinajstić information content (AvgIpc) is 2.59. The van der Waals surface area contributed by atoms with E-state index in [-0.39, 0.29) is 0 Å². The number of nitrogens with one attached hydrogen (secondary N) is 1. The van der Waals surface area contributed by atoms with Crippen molar-refractivity contribution < 1.29 is 0 Å². The Morgan fingerprint density at radius 3 is 2.87 bits per heavy atom. The highest BCUT2D eigenvalue weighted by Gasteiger charge is 2.21. The third-order valence-corrected chi connectivity index (χ3v) is 3.13. The first-order chi connectivity index (χ1) is 7.22. The van der Waals surface area contributed by atoms with E-state index in [1.807, 2.05) is 6.08 Å². The summed E-state index contributed by atoms with van der Waals surface area (Å²) in [6.45, 7) is 10.4. The lowest BCUT2D eigenvalue weighted by Crippen LogP contribution is -2.24. The lowest BCUT2D eigenvalue weighted by Gasteiger charge is -2.14. The van der Waals surface area contributed by atoms with Crippen molar-refractivity contribution >= 4 is 0 Å². The van der Waals surface area contributed by atoms with Gasteiger partial charge in [-0.25, -0.2) is 0 Å². The Hall–Kier alpha value is -0.980. The van der Waals surface area contributed by atoms with Crippen molar-refractivity contribution in [1.82, 2.24) is 5.32 Å². The van der Waals surface area contributed by atoms with E-state index in [1.165, 1.54) is 36.1 Å². The molecule has 1 N–H and O–H groups in total. The number of unbranched alkanes of at least 4 members (excludes halogenated alkanes) is 1. The molecule has 0 aromatic heterocycles. The number of hydrogen-bond acceptors (Lipinski definition) is 1. The Bertz CT molecular complexity index is 284. The van der Waals surface area contributed by atoms with Crippen molar-refractivity contribution in [1.29, 1.82) is 0 Å². The van der Waals surface area contributed by atoms with E-state index in [4.69, 9.17) is 0 Å². The van der Waals surface area contributed by atoms with Crippen LogP contribution < -0.4 is 5.32 Å². The van der Waals surface area contributed by atoms with Crippen molar-refractivity contribution in [3.05, 3.63) is 35.6 Å². The van der Waals surface area contributed by atoms with Crippen LogP contribution >= 0.6 is 0 Å². The van der Waals surface area contributed by atoms with E-state index >= 15 is 0 Å². The topological polar surface area (TPSA) is 12.0 Å². The van der Waals surface area contributed by atoms with Gasteiger partial charge in [-0.3, -0.25) is 0 Å².